The normalized spacial score (nSPS) is 10.6. The molecule has 2 aromatic rings. The lowest BCUT2D eigenvalue weighted by Crippen LogP contribution is -2.32. The van der Waals surface area contributed by atoms with E-state index in [2.05, 4.69) is 10.1 Å². The van der Waals surface area contributed by atoms with Crippen LogP contribution in [0, 0.1) is 24.4 Å². The highest BCUT2D eigenvalue weighted by molar-refractivity contribution is 5.97. The number of nitrogens with zero attached hydrogens (tertiary/aromatic N) is 1. The van der Waals surface area contributed by atoms with Gasteiger partial charge in [0.2, 0.25) is 0 Å². The van der Waals surface area contributed by atoms with Crippen LogP contribution in [-0.4, -0.2) is 42.9 Å². The average molecular weight is 412 g/mol. The van der Waals surface area contributed by atoms with Crippen LogP contribution in [0.4, 0.5) is 24.5 Å². The maximum atomic E-state index is 14.8. The van der Waals surface area contributed by atoms with Gasteiger partial charge in [-0.1, -0.05) is 6.07 Å². The first-order valence-electron chi connectivity index (χ1n) is 8.31. The van der Waals surface area contributed by atoms with Crippen LogP contribution in [-0.2, 0) is 20.9 Å². The molecule has 0 aliphatic rings. The van der Waals surface area contributed by atoms with Crippen molar-refractivity contribution in [2.75, 3.05) is 26.1 Å². The molecule has 0 fully saturated rings. The predicted octanol–water partition coefficient (Wildman–Crippen LogP) is 2.82. The zero-order chi connectivity index (χ0) is 21.7. The second-order valence-electron chi connectivity index (χ2n) is 5.96. The topological polar surface area (TPSA) is 88.1 Å². The van der Waals surface area contributed by atoms with Crippen molar-refractivity contribution in [1.82, 2.24) is 5.06 Å². The summed E-state index contributed by atoms with van der Waals surface area (Å²) in [5.41, 5.74) is -1.04. The highest BCUT2D eigenvalue weighted by atomic mass is 19.2. The third-order valence-electron chi connectivity index (χ3n) is 4.02. The summed E-state index contributed by atoms with van der Waals surface area (Å²) >= 11 is 0. The van der Waals surface area contributed by atoms with Crippen LogP contribution in [0.25, 0.3) is 0 Å². The van der Waals surface area contributed by atoms with E-state index in [-0.39, 0.29) is 5.69 Å². The van der Waals surface area contributed by atoms with Crippen LogP contribution < -0.4 is 5.32 Å². The van der Waals surface area contributed by atoms with E-state index < -0.39 is 59.3 Å². The standard InChI is InChI=1S/C19H19F3N2O5/c1-10-4-5-14(13(20)6-10)23-18-12(19(27)28-2)7-11(16(21)17(18)22)8-24(29-3)15(26)9-25/h4-7,23,25H,8-9H2,1-3H3. The molecule has 1 amide bonds. The molecule has 0 spiro atoms. The number of rotatable bonds is 7. The fourth-order valence-corrected chi connectivity index (χ4v) is 2.53. The number of hydrogen-bond acceptors (Lipinski definition) is 6. The summed E-state index contributed by atoms with van der Waals surface area (Å²) in [5, 5.41) is 11.9. The Morgan fingerprint density at radius 3 is 2.38 bits per heavy atom. The second kappa shape index (κ2) is 9.39. The summed E-state index contributed by atoms with van der Waals surface area (Å²) < 4.78 is 48.1. The van der Waals surface area contributed by atoms with Crippen molar-refractivity contribution in [2.24, 2.45) is 0 Å². The lowest BCUT2D eigenvalue weighted by Gasteiger charge is -2.21. The molecular formula is C19H19F3N2O5. The number of aliphatic hydroxyl groups is 1. The molecule has 0 bridgehead atoms. The molecule has 0 atom stereocenters. The van der Waals surface area contributed by atoms with E-state index in [0.29, 0.717) is 10.6 Å². The van der Waals surface area contributed by atoms with Crippen LogP contribution in [0.3, 0.4) is 0 Å². The molecule has 0 aliphatic carbocycles. The average Bonchev–Trinajstić information content (AvgIpc) is 2.71. The van der Waals surface area contributed by atoms with Gasteiger partial charge in [0.15, 0.2) is 11.6 Å². The van der Waals surface area contributed by atoms with Crippen LogP contribution in [0.15, 0.2) is 24.3 Å². The number of aliphatic hydroxyl groups excluding tert-OH is 1. The molecule has 0 radical (unpaired) electrons. The van der Waals surface area contributed by atoms with Gasteiger partial charge in [0.1, 0.15) is 12.4 Å². The summed E-state index contributed by atoms with van der Waals surface area (Å²) in [7, 11) is 2.13. The van der Waals surface area contributed by atoms with E-state index in [1.807, 2.05) is 0 Å². The molecule has 0 unspecified atom stereocenters. The van der Waals surface area contributed by atoms with E-state index >= 15 is 0 Å². The molecule has 0 heterocycles. The number of halogens is 3. The van der Waals surface area contributed by atoms with Gasteiger partial charge < -0.3 is 15.2 Å². The van der Waals surface area contributed by atoms with Crippen molar-refractivity contribution >= 4 is 23.3 Å². The van der Waals surface area contributed by atoms with E-state index in [1.165, 1.54) is 12.1 Å². The molecule has 29 heavy (non-hydrogen) atoms. The van der Waals surface area contributed by atoms with E-state index in [0.717, 1.165) is 20.3 Å². The molecular weight excluding hydrogens is 393 g/mol. The smallest absolute Gasteiger partial charge is 0.340 e. The van der Waals surface area contributed by atoms with Gasteiger partial charge in [-0.15, -0.1) is 0 Å². The van der Waals surface area contributed by atoms with Crippen LogP contribution in [0.1, 0.15) is 21.5 Å². The Morgan fingerprint density at radius 2 is 1.83 bits per heavy atom. The highest BCUT2D eigenvalue weighted by Crippen LogP contribution is 2.31. The second-order valence-corrected chi connectivity index (χ2v) is 5.96. The number of methoxy groups -OCH3 is 1. The Balaban J connectivity index is 2.55. The Bertz CT molecular complexity index is 937. The molecule has 2 aromatic carbocycles. The maximum Gasteiger partial charge on any atom is 0.340 e. The van der Waals surface area contributed by atoms with Gasteiger partial charge in [-0.2, -0.15) is 0 Å². The van der Waals surface area contributed by atoms with Crippen LogP contribution in [0.5, 0.6) is 0 Å². The summed E-state index contributed by atoms with van der Waals surface area (Å²) in [6.07, 6.45) is 0. The van der Waals surface area contributed by atoms with Gasteiger partial charge in [0, 0.05) is 5.56 Å². The van der Waals surface area contributed by atoms with Crippen LogP contribution in [0.2, 0.25) is 0 Å². The first kappa shape index (κ1) is 22.2. The first-order valence-corrected chi connectivity index (χ1v) is 8.31. The SMILES string of the molecule is COC(=O)c1cc(CN(OC)C(=O)CO)c(F)c(F)c1Nc1ccc(C)cc1F. The van der Waals surface area contributed by atoms with Crippen molar-refractivity contribution in [3.63, 3.8) is 0 Å². The number of hydroxylamine groups is 2. The highest BCUT2D eigenvalue weighted by Gasteiger charge is 2.26. The summed E-state index contributed by atoms with van der Waals surface area (Å²) in [5.74, 6) is -5.52. The van der Waals surface area contributed by atoms with Gasteiger partial charge in [-0.3, -0.25) is 9.63 Å². The van der Waals surface area contributed by atoms with Gasteiger partial charge in [0.25, 0.3) is 5.91 Å². The maximum absolute atomic E-state index is 14.8. The number of nitrogens with one attached hydrogen (secondary N) is 1. The van der Waals surface area contributed by atoms with Crippen molar-refractivity contribution in [3.05, 3.63) is 58.4 Å². The van der Waals surface area contributed by atoms with Gasteiger partial charge in [0.05, 0.1) is 37.7 Å². The summed E-state index contributed by atoms with van der Waals surface area (Å²) in [6.45, 7) is 0.132. The number of carbonyl (C=O) groups excluding carboxylic acids is 2. The summed E-state index contributed by atoms with van der Waals surface area (Å²) in [4.78, 5) is 28.4. The number of aryl methyl sites for hydroxylation is 1. The Labute approximate surface area is 164 Å². The molecule has 0 saturated heterocycles. The van der Waals surface area contributed by atoms with E-state index in [9.17, 15) is 22.8 Å². The zero-order valence-corrected chi connectivity index (χ0v) is 15.9. The molecule has 0 aromatic heterocycles. The van der Waals surface area contributed by atoms with Crippen molar-refractivity contribution in [3.8, 4) is 0 Å². The number of benzene rings is 2. The quantitative estimate of drug-likeness (QED) is 0.537. The molecule has 2 rings (SSSR count). The number of anilines is 2. The number of ether oxygens (including phenoxy) is 1. The molecule has 156 valence electrons. The molecule has 0 saturated carbocycles. The van der Waals surface area contributed by atoms with E-state index in [4.69, 9.17) is 9.94 Å². The first-order chi connectivity index (χ1) is 13.7. The largest absolute Gasteiger partial charge is 0.465 e. The number of hydrogen-bond donors (Lipinski definition) is 2. The van der Waals surface area contributed by atoms with Gasteiger partial charge in [-0.25, -0.2) is 23.0 Å². The third-order valence-corrected chi connectivity index (χ3v) is 4.02. The fraction of sp³-hybridized carbons (Fsp3) is 0.263. The minimum Gasteiger partial charge on any atom is -0.465 e. The lowest BCUT2D eigenvalue weighted by molar-refractivity contribution is -0.182. The number of esters is 1. The molecule has 0 aliphatic heterocycles. The monoisotopic (exact) mass is 412 g/mol. The lowest BCUT2D eigenvalue weighted by atomic mass is 10.1. The van der Waals surface area contributed by atoms with Crippen molar-refractivity contribution in [2.45, 2.75) is 13.5 Å². The Morgan fingerprint density at radius 1 is 1.14 bits per heavy atom. The third kappa shape index (κ3) is 4.84. The van der Waals surface area contributed by atoms with Crippen LogP contribution >= 0.6 is 0 Å². The Hall–Kier alpha value is -3.11. The number of carbonyl (C=O) groups is 2. The molecule has 7 nitrogen and oxygen atoms in total. The Kier molecular flexibility index (Phi) is 7.18. The molecule has 10 heteroatoms. The van der Waals surface area contributed by atoms with Crippen molar-refractivity contribution in [1.29, 1.82) is 0 Å². The predicted molar refractivity (Wildman–Crippen MR) is 96.8 cm³/mol. The minimum absolute atomic E-state index is 0.180. The minimum atomic E-state index is -1.48. The summed E-state index contributed by atoms with van der Waals surface area (Å²) in [6, 6.07) is 4.99. The zero-order valence-electron chi connectivity index (χ0n) is 15.9. The fourth-order valence-electron chi connectivity index (χ4n) is 2.53. The van der Waals surface area contributed by atoms with Gasteiger partial charge >= 0.3 is 5.97 Å². The van der Waals surface area contributed by atoms with Crippen molar-refractivity contribution < 1.29 is 37.4 Å². The molecule has 2 N–H and O–H groups in total. The van der Waals surface area contributed by atoms with E-state index in [1.54, 1.807) is 13.0 Å². The van der Waals surface area contributed by atoms with Gasteiger partial charge in [-0.05, 0) is 30.7 Å². The number of amides is 1.